The van der Waals surface area contributed by atoms with Crippen LogP contribution in [0.2, 0.25) is 0 Å². The molecule has 1 saturated heterocycles. The van der Waals surface area contributed by atoms with Gasteiger partial charge in [0.25, 0.3) is 11.8 Å². The molecule has 1 amide bonds. The van der Waals surface area contributed by atoms with Crippen LogP contribution in [0.5, 0.6) is 11.6 Å². The lowest BCUT2D eigenvalue weighted by atomic mass is 10.2. The number of benzene rings is 1. The second-order valence-corrected chi connectivity index (χ2v) is 5.66. The van der Waals surface area contributed by atoms with Gasteiger partial charge in [0.15, 0.2) is 6.61 Å². The lowest BCUT2D eigenvalue weighted by molar-refractivity contribution is -0.123. The summed E-state index contributed by atoms with van der Waals surface area (Å²) in [5, 5.41) is 13.4. The summed E-state index contributed by atoms with van der Waals surface area (Å²) in [5.41, 5.74) is 2.84. The number of hydrogen-bond donors (Lipinski definition) is 2. The van der Waals surface area contributed by atoms with Gasteiger partial charge in [0.1, 0.15) is 5.75 Å². The fourth-order valence-corrected chi connectivity index (χ4v) is 2.69. The maximum atomic E-state index is 11.8. The van der Waals surface area contributed by atoms with E-state index < -0.39 is 5.91 Å². The van der Waals surface area contributed by atoms with E-state index in [0.717, 1.165) is 11.7 Å². The number of para-hydroxylation sites is 1. The third-order valence-corrected chi connectivity index (χ3v) is 3.92. The number of anilines is 1. The van der Waals surface area contributed by atoms with Crippen LogP contribution in [0.1, 0.15) is 5.56 Å². The Kier molecular flexibility index (Phi) is 5.75. The molecular formula is C15H17N5O4S. The zero-order valence-electron chi connectivity index (χ0n) is 13.3. The standard InChI is InChI=1S/C15H17N5O4S/c21-12-4-2-1-3-11(12)9-16-17-13(22)10-24-15-14(18-25-19-15)20-5-7-23-8-6-20/h1-4,9,21H,5-8,10H2,(H,17,22)/b16-9+. The minimum absolute atomic E-state index is 0.0837. The molecule has 0 saturated carbocycles. The SMILES string of the molecule is O=C(COc1nsnc1N1CCOCC1)N/N=C/c1ccccc1O. The highest BCUT2D eigenvalue weighted by Crippen LogP contribution is 2.26. The largest absolute Gasteiger partial charge is 0.507 e. The van der Waals surface area contributed by atoms with E-state index in [9.17, 15) is 9.90 Å². The lowest BCUT2D eigenvalue weighted by Crippen LogP contribution is -2.36. The molecular weight excluding hydrogens is 346 g/mol. The second-order valence-electron chi connectivity index (χ2n) is 5.13. The van der Waals surface area contributed by atoms with Crippen LogP contribution in [0, 0.1) is 0 Å². The van der Waals surface area contributed by atoms with E-state index in [4.69, 9.17) is 9.47 Å². The van der Waals surface area contributed by atoms with Crippen molar-refractivity contribution in [1.29, 1.82) is 0 Å². The predicted octanol–water partition coefficient (Wildman–Crippen LogP) is 0.609. The van der Waals surface area contributed by atoms with E-state index >= 15 is 0 Å². The third-order valence-electron chi connectivity index (χ3n) is 3.42. The van der Waals surface area contributed by atoms with Crippen molar-refractivity contribution < 1.29 is 19.4 Å². The Morgan fingerprint density at radius 1 is 1.40 bits per heavy atom. The van der Waals surface area contributed by atoms with Gasteiger partial charge in [-0.2, -0.15) is 9.47 Å². The highest BCUT2D eigenvalue weighted by Gasteiger charge is 2.20. The van der Waals surface area contributed by atoms with Gasteiger partial charge in [0.2, 0.25) is 5.82 Å². The van der Waals surface area contributed by atoms with Gasteiger partial charge >= 0.3 is 0 Å². The van der Waals surface area contributed by atoms with Crippen LogP contribution in [0.25, 0.3) is 0 Å². The zero-order valence-corrected chi connectivity index (χ0v) is 14.1. The molecule has 2 aromatic rings. The topological polar surface area (TPSA) is 109 Å². The van der Waals surface area contributed by atoms with Crippen molar-refractivity contribution in [1.82, 2.24) is 14.2 Å². The average molecular weight is 363 g/mol. The summed E-state index contributed by atoms with van der Waals surface area (Å²) in [6.45, 7) is 2.43. The number of ether oxygens (including phenoxy) is 2. The monoisotopic (exact) mass is 363 g/mol. The Morgan fingerprint density at radius 3 is 3.00 bits per heavy atom. The molecule has 1 aliphatic rings. The van der Waals surface area contributed by atoms with Crippen molar-refractivity contribution in [3.63, 3.8) is 0 Å². The van der Waals surface area contributed by atoms with Crippen LogP contribution >= 0.6 is 11.7 Å². The van der Waals surface area contributed by atoms with Gasteiger partial charge in [0.05, 0.1) is 31.2 Å². The molecule has 0 atom stereocenters. The van der Waals surface area contributed by atoms with Crippen molar-refractivity contribution in [2.24, 2.45) is 5.10 Å². The maximum absolute atomic E-state index is 11.8. The molecule has 1 aliphatic heterocycles. The first-order valence-electron chi connectivity index (χ1n) is 7.62. The third kappa shape index (κ3) is 4.64. The molecule has 0 radical (unpaired) electrons. The summed E-state index contributed by atoms with van der Waals surface area (Å²) in [6, 6.07) is 6.67. The highest BCUT2D eigenvalue weighted by atomic mass is 32.1. The van der Waals surface area contributed by atoms with Crippen LogP contribution in [0.15, 0.2) is 29.4 Å². The number of hydrogen-bond acceptors (Lipinski definition) is 9. The minimum atomic E-state index is -0.437. The van der Waals surface area contributed by atoms with Crippen LogP contribution in [0.4, 0.5) is 5.82 Å². The Balaban J connectivity index is 1.50. The Bertz CT molecular complexity index is 745. The maximum Gasteiger partial charge on any atom is 0.278 e. The number of phenols is 1. The molecule has 0 bridgehead atoms. The van der Waals surface area contributed by atoms with Crippen molar-refractivity contribution >= 4 is 29.7 Å². The normalized spacial score (nSPS) is 14.6. The molecule has 1 aromatic heterocycles. The molecule has 0 spiro atoms. The fraction of sp³-hybridized carbons (Fsp3) is 0.333. The van der Waals surface area contributed by atoms with E-state index in [0.29, 0.717) is 43.6 Å². The number of morpholine rings is 1. The number of phenolic OH excluding ortho intramolecular Hbond substituents is 1. The average Bonchev–Trinajstić information content (AvgIpc) is 3.11. The van der Waals surface area contributed by atoms with Gasteiger partial charge in [-0.05, 0) is 12.1 Å². The number of amides is 1. The van der Waals surface area contributed by atoms with Crippen molar-refractivity contribution in [3.05, 3.63) is 29.8 Å². The molecule has 0 unspecified atom stereocenters. The van der Waals surface area contributed by atoms with Crippen LogP contribution in [0.3, 0.4) is 0 Å². The first kappa shape index (κ1) is 17.1. The van der Waals surface area contributed by atoms with Crippen LogP contribution in [-0.4, -0.2) is 58.9 Å². The molecule has 2 heterocycles. The number of nitrogens with one attached hydrogen (secondary N) is 1. The van der Waals surface area contributed by atoms with Crippen LogP contribution < -0.4 is 15.1 Å². The highest BCUT2D eigenvalue weighted by molar-refractivity contribution is 6.99. The van der Waals surface area contributed by atoms with E-state index in [1.165, 1.54) is 12.3 Å². The number of hydrazone groups is 1. The summed E-state index contributed by atoms with van der Waals surface area (Å²) in [6.07, 6.45) is 1.36. The molecule has 132 valence electrons. The van der Waals surface area contributed by atoms with Gasteiger partial charge in [0, 0.05) is 18.7 Å². The van der Waals surface area contributed by atoms with Crippen molar-refractivity contribution in [2.45, 2.75) is 0 Å². The summed E-state index contributed by atoms with van der Waals surface area (Å²) in [5.74, 6) is 0.596. The van der Waals surface area contributed by atoms with Gasteiger partial charge in [-0.1, -0.05) is 12.1 Å². The van der Waals surface area contributed by atoms with E-state index in [2.05, 4.69) is 19.3 Å². The second kappa shape index (κ2) is 8.40. The molecule has 10 heteroatoms. The number of aromatic nitrogens is 2. The molecule has 3 rings (SSSR count). The van der Waals surface area contributed by atoms with Gasteiger partial charge in [-0.3, -0.25) is 4.79 Å². The predicted molar refractivity (Wildman–Crippen MR) is 92.3 cm³/mol. The smallest absolute Gasteiger partial charge is 0.278 e. The first-order chi connectivity index (χ1) is 12.2. The fourth-order valence-electron chi connectivity index (χ4n) is 2.17. The summed E-state index contributed by atoms with van der Waals surface area (Å²) < 4.78 is 19.0. The van der Waals surface area contributed by atoms with Crippen molar-refractivity contribution in [3.8, 4) is 11.6 Å². The summed E-state index contributed by atoms with van der Waals surface area (Å²) >= 11 is 1.03. The minimum Gasteiger partial charge on any atom is -0.507 e. The first-order valence-corrected chi connectivity index (χ1v) is 8.35. The van der Waals surface area contributed by atoms with E-state index in [1.807, 2.05) is 4.90 Å². The molecule has 9 nitrogen and oxygen atoms in total. The van der Waals surface area contributed by atoms with Gasteiger partial charge in [-0.15, -0.1) is 4.37 Å². The number of rotatable bonds is 6. The lowest BCUT2D eigenvalue weighted by Gasteiger charge is -2.26. The Morgan fingerprint density at radius 2 is 2.20 bits per heavy atom. The molecule has 25 heavy (non-hydrogen) atoms. The van der Waals surface area contributed by atoms with Gasteiger partial charge in [-0.25, -0.2) is 5.43 Å². The molecule has 1 fully saturated rings. The van der Waals surface area contributed by atoms with Gasteiger partial charge < -0.3 is 19.5 Å². The van der Waals surface area contributed by atoms with E-state index in [-0.39, 0.29) is 12.4 Å². The summed E-state index contributed by atoms with van der Waals surface area (Å²) in [4.78, 5) is 13.8. The Labute approximate surface area is 148 Å². The van der Waals surface area contributed by atoms with Crippen LogP contribution in [-0.2, 0) is 9.53 Å². The molecule has 0 aliphatic carbocycles. The van der Waals surface area contributed by atoms with E-state index in [1.54, 1.807) is 18.2 Å². The number of carbonyl (C=O) groups is 1. The number of aromatic hydroxyl groups is 1. The molecule has 1 aromatic carbocycles. The number of nitrogens with zero attached hydrogens (tertiary/aromatic N) is 4. The zero-order chi connectivity index (χ0) is 17.5. The number of carbonyl (C=O) groups excluding carboxylic acids is 1. The Hall–Kier alpha value is -2.72. The molecule has 2 N–H and O–H groups in total. The quantitative estimate of drug-likeness (QED) is 0.572. The summed E-state index contributed by atoms with van der Waals surface area (Å²) in [7, 11) is 0. The van der Waals surface area contributed by atoms with Crippen molar-refractivity contribution in [2.75, 3.05) is 37.8 Å².